The molecule has 0 fully saturated rings. The lowest BCUT2D eigenvalue weighted by atomic mass is 10.1. The maximum absolute atomic E-state index is 12.2. The van der Waals surface area contributed by atoms with Crippen LogP contribution in [0.2, 0.25) is 0 Å². The molecule has 2 nitrogen and oxygen atoms in total. The van der Waals surface area contributed by atoms with E-state index in [1.165, 1.54) is 0 Å². The number of halogens is 1. The van der Waals surface area contributed by atoms with Gasteiger partial charge in [0.2, 0.25) is 0 Å². The van der Waals surface area contributed by atoms with Crippen molar-refractivity contribution in [3.05, 3.63) is 63.2 Å². The van der Waals surface area contributed by atoms with E-state index in [2.05, 4.69) is 15.9 Å². The number of fused-ring (bicyclic) bond motifs is 4. The molecule has 96 valence electrons. The number of aromatic nitrogens is 1. The summed E-state index contributed by atoms with van der Waals surface area (Å²) in [7, 11) is 0. The van der Waals surface area contributed by atoms with E-state index in [-0.39, 0.29) is 5.43 Å². The van der Waals surface area contributed by atoms with Gasteiger partial charge < -0.3 is 0 Å². The SMILES string of the molecule is O=c1cc2sc3ccccc3nc-2c2c(Br)cccc12. The van der Waals surface area contributed by atoms with Crippen LogP contribution in [-0.2, 0) is 0 Å². The summed E-state index contributed by atoms with van der Waals surface area (Å²) in [5, 5.41) is 1.61. The van der Waals surface area contributed by atoms with E-state index in [4.69, 9.17) is 4.98 Å². The summed E-state index contributed by atoms with van der Waals surface area (Å²) in [5.74, 6) is 0. The number of rotatable bonds is 0. The van der Waals surface area contributed by atoms with Crippen LogP contribution in [0.3, 0.4) is 0 Å². The van der Waals surface area contributed by atoms with Crippen molar-refractivity contribution in [2.24, 2.45) is 0 Å². The molecule has 1 heterocycles. The second-order valence-electron chi connectivity index (χ2n) is 4.57. The molecule has 0 amide bonds. The van der Waals surface area contributed by atoms with E-state index in [1.807, 2.05) is 42.5 Å². The highest BCUT2D eigenvalue weighted by molar-refractivity contribution is 9.10. The van der Waals surface area contributed by atoms with Crippen molar-refractivity contribution in [1.82, 2.24) is 4.98 Å². The molecule has 2 aliphatic rings. The van der Waals surface area contributed by atoms with E-state index >= 15 is 0 Å². The van der Waals surface area contributed by atoms with Crippen LogP contribution in [0, 0.1) is 0 Å². The summed E-state index contributed by atoms with van der Waals surface area (Å²) < 4.78 is 2.00. The van der Waals surface area contributed by atoms with Gasteiger partial charge in [-0.1, -0.05) is 40.2 Å². The van der Waals surface area contributed by atoms with Gasteiger partial charge >= 0.3 is 0 Å². The van der Waals surface area contributed by atoms with E-state index in [1.54, 1.807) is 17.4 Å². The van der Waals surface area contributed by atoms with Gasteiger partial charge in [-0.15, -0.1) is 11.3 Å². The van der Waals surface area contributed by atoms with Crippen LogP contribution >= 0.6 is 27.3 Å². The van der Waals surface area contributed by atoms with Crippen molar-refractivity contribution in [2.45, 2.75) is 0 Å². The minimum atomic E-state index is 0.0436. The van der Waals surface area contributed by atoms with Gasteiger partial charge in [0.1, 0.15) is 0 Å². The van der Waals surface area contributed by atoms with Crippen LogP contribution in [0.4, 0.5) is 0 Å². The van der Waals surface area contributed by atoms with Gasteiger partial charge in [-0.25, -0.2) is 4.98 Å². The predicted molar refractivity (Wildman–Crippen MR) is 87.7 cm³/mol. The van der Waals surface area contributed by atoms with Gasteiger partial charge in [0.25, 0.3) is 0 Å². The van der Waals surface area contributed by atoms with Crippen LogP contribution < -0.4 is 5.43 Å². The molecular formula is C16H8BrNOS. The Bertz CT molecular complexity index is 992. The third kappa shape index (κ3) is 1.69. The molecule has 0 bridgehead atoms. The zero-order valence-electron chi connectivity index (χ0n) is 10.3. The Balaban J connectivity index is 2.32. The number of para-hydroxylation sites is 1. The molecule has 0 radical (unpaired) electrons. The molecular weight excluding hydrogens is 334 g/mol. The topological polar surface area (TPSA) is 30.0 Å². The van der Waals surface area contributed by atoms with Crippen molar-refractivity contribution in [3.8, 4) is 10.6 Å². The van der Waals surface area contributed by atoms with Crippen LogP contribution in [0.25, 0.3) is 31.6 Å². The first-order chi connectivity index (χ1) is 9.74. The van der Waals surface area contributed by atoms with Crippen LogP contribution in [-0.4, -0.2) is 4.98 Å². The van der Waals surface area contributed by atoms with E-state index in [0.717, 1.165) is 30.6 Å². The third-order valence-electron chi connectivity index (χ3n) is 3.33. The smallest absolute Gasteiger partial charge is 0.188 e. The number of hydrogen-bond donors (Lipinski definition) is 0. The Hall–Kier alpha value is -1.78. The van der Waals surface area contributed by atoms with Gasteiger partial charge in [-0.3, -0.25) is 4.79 Å². The molecule has 0 unspecified atom stereocenters. The molecule has 4 heteroatoms. The Morgan fingerprint density at radius 2 is 1.90 bits per heavy atom. The molecule has 4 rings (SSSR count). The summed E-state index contributed by atoms with van der Waals surface area (Å²) in [4.78, 5) is 17.9. The maximum Gasteiger partial charge on any atom is 0.188 e. The lowest BCUT2D eigenvalue weighted by Gasteiger charge is -2.10. The first-order valence-corrected chi connectivity index (χ1v) is 7.76. The standard InChI is InChI=1S/C16H8BrNOS/c17-10-5-3-4-9-12(19)8-14-16(15(9)10)18-11-6-1-2-7-13(11)20-14/h1-8H. The van der Waals surface area contributed by atoms with Gasteiger partial charge in [0.15, 0.2) is 5.43 Å². The highest BCUT2D eigenvalue weighted by atomic mass is 79.9. The summed E-state index contributed by atoms with van der Waals surface area (Å²) >= 11 is 5.15. The summed E-state index contributed by atoms with van der Waals surface area (Å²) in [5.41, 5.74) is 1.89. The molecule has 1 aliphatic carbocycles. The number of hydrogen-bond acceptors (Lipinski definition) is 3. The average Bonchev–Trinajstić information content (AvgIpc) is 2.46. The fourth-order valence-corrected chi connectivity index (χ4v) is 3.99. The monoisotopic (exact) mass is 341 g/mol. The predicted octanol–water partition coefficient (Wildman–Crippen LogP) is 4.68. The summed E-state index contributed by atoms with van der Waals surface area (Å²) in [6.07, 6.45) is 0. The van der Waals surface area contributed by atoms with Crippen LogP contribution in [0.15, 0.2) is 57.8 Å². The Morgan fingerprint density at radius 1 is 1.05 bits per heavy atom. The fourth-order valence-electron chi connectivity index (χ4n) is 2.42. The van der Waals surface area contributed by atoms with E-state index in [0.29, 0.717) is 5.39 Å². The molecule has 20 heavy (non-hydrogen) atoms. The van der Waals surface area contributed by atoms with Crippen molar-refractivity contribution < 1.29 is 0 Å². The van der Waals surface area contributed by atoms with Gasteiger partial charge in [0.05, 0.1) is 20.8 Å². The van der Waals surface area contributed by atoms with E-state index in [9.17, 15) is 4.79 Å². The molecule has 0 N–H and O–H groups in total. The number of benzene rings is 3. The molecule has 0 spiro atoms. The third-order valence-corrected chi connectivity index (χ3v) is 5.09. The molecule has 2 aromatic carbocycles. The lowest BCUT2D eigenvalue weighted by molar-refractivity contribution is 1.44. The first kappa shape index (κ1) is 12.0. The largest absolute Gasteiger partial charge is 0.289 e. The van der Waals surface area contributed by atoms with Gasteiger partial charge in [-0.05, 0) is 18.2 Å². The number of nitrogens with zero attached hydrogens (tertiary/aromatic N) is 1. The van der Waals surface area contributed by atoms with Crippen molar-refractivity contribution in [1.29, 1.82) is 0 Å². The van der Waals surface area contributed by atoms with Gasteiger partial charge in [-0.2, -0.15) is 0 Å². The lowest BCUT2D eigenvalue weighted by Crippen LogP contribution is -2.03. The average molecular weight is 342 g/mol. The Labute approximate surface area is 127 Å². The molecule has 0 aromatic heterocycles. The summed E-state index contributed by atoms with van der Waals surface area (Å²) in [6, 6.07) is 15.4. The highest BCUT2D eigenvalue weighted by Crippen LogP contribution is 2.37. The van der Waals surface area contributed by atoms with Crippen molar-refractivity contribution >= 4 is 48.3 Å². The van der Waals surface area contributed by atoms with E-state index < -0.39 is 0 Å². The maximum atomic E-state index is 12.2. The highest BCUT2D eigenvalue weighted by Gasteiger charge is 2.15. The minimum Gasteiger partial charge on any atom is -0.289 e. The van der Waals surface area contributed by atoms with Gasteiger partial charge in [0, 0.05) is 21.3 Å². The molecule has 1 aliphatic heterocycles. The Morgan fingerprint density at radius 3 is 2.80 bits per heavy atom. The fraction of sp³-hybridized carbons (Fsp3) is 0. The van der Waals surface area contributed by atoms with Crippen LogP contribution in [0.1, 0.15) is 0 Å². The zero-order valence-corrected chi connectivity index (χ0v) is 12.7. The second kappa shape index (κ2) is 4.36. The molecule has 2 aromatic rings. The zero-order chi connectivity index (χ0) is 13.7. The molecule has 0 saturated heterocycles. The normalized spacial score (nSPS) is 11.4. The van der Waals surface area contributed by atoms with Crippen molar-refractivity contribution in [3.63, 3.8) is 0 Å². The summed E-state index contributed by atoms with van der Waals surface area (Å²) in [6.45, 7) is 0. The molecule has 0 atom stereocenters. The molecule has 0 saturated carbocycles. The minimum absolute atomic E-state index is 0.0436. The second-order valence-corrected chi connectivity index (χ2v) is 6.50. The first-order valence-electron chi connectivity index (χ1n) is 6.15. The quantitative estimate of drug-likeness (QED) is 0.343. The van der Waals surface area contributed by atoms with Crippen molar-refractivity contribution in [2.75, 3.05) is 0 Å². The van der Waals surface area contributed by atoms with Crippen LogP contribution in [0.5, 0.6) is 0 Å². The Kier molecular flexibility index (Phi) is 2.62.